The molecule has 2 heterocycles. The number of hydrogen-bond donors (Lipinski definition) is 5. The van der Waals surface area contributed by atoms with Gasteiger partial charge in [0.1, 0.15) is 0 Å². The van der Waals surface area contributed by atoms with Gasteiger partial charge in [-0.3, -0.25) is 14.0 Å². The monoisotopic (exact) mass is 581 g/mol. The van der Waals surface area contributed by atoms with Gasteiger partial charge in [-0.05, 0) is 49.2 Å². The molecule has 6 N–H and O–H groups in total. The smallest absolute Gasteiger partial charge is 0.251 e. The lowest BCUT2D eigenvalue weighted by molar-refractivity contribution is -0.122. The molecule has 0 aliphatic carbocycles. The molecule has 0 spiro atoms. The first kappa shape index (κ1) is 30.3. The minimum absolute atomic E-state index is 0.00584. The zero-order valence-corrected chi connectivity index (χ0v) is 23.3. The molecule has 0 saturated heterocycles. The number of nitrogens with zero attached hydrogens (tertiary/aromatic N) is 3. The molecule has 0 saturated carbocycles. The molecular formula is C29H33F2N7O4. The molecule has 1 atom stereocenters. The Kier molecular flexibility index (Phi) is 9.99. The van der Waals surface area contributed by atoms with Crippen LogP contribution in [0, 0.1) is 11.6 Å². The van der Waals surface area contributed by atoms with Crippen molar-refractivity contribution in [2.24, 2.45) is 5.73 Å². The second kappa shape index (κ2) is 13.8. The van der Waals surface area contributed by atoms with E-state index >= 15 is 0 Å². The number of carbonyl (C=O) groups is 2. The zero-order chi connectivity index (χ0) is 30.2. The fourth-order valence-electron chi connectivity index (χ4n) is 4.37. The summed E-state index contributed by atoms with van der Waals surface area (Å²) >= 11 is 0. The number of aliphatic hydroxyl groups is 1. The third-order valence-electron chi connectivity index (χ3n) is 6.47. The number of nitrogens with one attached hydrogen (secondary N) is 3. The van der Waals surface area contributed by atoms with Crippen LogP contribution in [0.5, 0.6) is 5.75 Å². The maximum atomic E-state index is 14.9. The van der Waals surface area contributed by atoms with E-state index in [2.05, 4.69) is 25.9 Å². The van der Waals surface area contributed by atoms with E-state index in [9.17, 15) is 23.5 Å². The highest BCUT2D eigenvalue weighted by molar-refractivity contribution is 5.96. The fraction of sp³-hybridized carbons (Fsp3) is 0.310. The van der Waals surface area contributed by atoms with Gasteiger partial charge >= 0.3 is 0 Å². The molecule has 0 aliphatic heterocycles. The largest absolute Gasteiger partial charge is 0.491 e. The number of rotatable bonds is 13. The molecule has 0 radical (unpaired) electrons. The Morgan fingerprint density at radius 2 is 1.88 bits per heavy atom. The highest BCUT2D eigenvalue weighted by Gasteiger charge is 2.20. The summed E-state index contributed by atoms with van der Waals surface area (Å²) in [5.74, 6) is -2.53. The Bertz CT molecular complexity index is 1580. The SMILES string of the molecule is CCOc1ccc(-c2cnc3c(Nc4ccc(C(=O)NCCNC(=O)CC(O)CN)c(CC)c4)nccn23)c(F)c1F. The predicted octanol–water partition coefficient (Wildman–Crippen LogP) is 2.93. The highest BCUT2D eigenvalue weighted by atomic mass is 19.2. The molecule has 4 aromatic rings. The van der Waals surface area contributed by atoms with Crippen LogP contribution < -0.4 is 26.4 Å². The van der Waals surface area contributed by atoms with Crippen LogP contribution in [0.15, 0.2) is 48.9 Å². The lowest BCUT2D eigenvalue weighted by Gasteiger charge is -2.13. The number of nitrogens with two attached hydrogens (primary N) is 1. The second-order valence-corrected chi connectivity index (χ2v) is 9.34. The van der Waals surface area contributed by atoms with Crippen LogP contribution in [0.2, 0.25) is 0 Å². The number of hydrogen-bond acceptors (Lipinski definition) is 8. The topological polar surface area (TPSA) is 156 Å². The molecule has 0 fully saturated rings. The third-order valence-corrected chi connectivity index (χ3v) is 6.47. The number of anilines is 2. The molecule has 42 heavy (non-hydrogen) atoms. The van der Waals surface area contributed by atoms with Crippen molar-refractivity contribution < 1.29 is 28.2 Å². The Labute approximate surface area is 241 Å². The van der Waals surface area contributed by atoms with Gasteiger partial charge in [0.05, 0.1) is 31.0 Å². The molecule has 2 aromatic heterocycles. The Morgan fingerprint density at radius 3 is 2.62 bits per heavy atom. The van der Waals surface area contributed by atoms with E-state index < -0.39 is 17.7 Å². The van der Waals surface area contributed by atoms with Gasteiger partial charge in [0.2, 0.25) is 11.7 Å². The Morgan fingerprint density at radius 1 is 1.10 bits per heavy atom. The van der Waals surface area contributed by atoms with Crippen molar-refractivity contribution in [2.45, 2.75) is 32.8 Å². The summed E-state index contributed by atoms with van der Waals surface area (Å²) < 4.78 is 36.2. The number of ether oxygens (including phenoxy) is 1. The first-order chi connectivity index (χ1) is 20.3. The molecule has 11 nitrogen and oxygen atoms in total. The zero-order valence-electron chi connectivity index (χ0n) is 23.3. The van der Waals surface area contributed by atoms with Gasteiger partial charge in [-0.2, -0.15) is 4.39 Å². The number of carbonyl (C=O) groups excluding carboxylic acids is 2. The van der Waals surface area contributed by atoms with Gasteiger partial charge in [0, 0.05) is 48.8 Å². The molecule has 13 heteroatoms. The number of benzene rings is 2. The molecular weight excluding hydrogens is 548 g/mol. The van der Waals surface area contributed by atoms with E-state index in [0.29, 0.717) is 34.8 Å². The summed E-state index contributed by atoms with van der Waals surface area (Å²) in [6, 6.07) is 8.05. The van der Waals surface area contributed by atoms with Crippen LogP contribution in [-0.4, -0.2) is 63.6 Å². The summed E-state index contributed by atoms with van der Waals surface area (Å²) in [6.07, 6.45) is 4.13. The molecule has 1 unspecified atom stereocenters. The summed E-state index contributed by atoms with van der Waals surface area (Å²) in [7, 11) is 0. The predicted molar refractivity (Wildman–Crippen MR) is 154 cm³/mol. The average molecular weight is 582 g/mol. The van der Waals surface area contributed by atoms with Gasteiger partial charge in [0.15, 0.2) is 23.0 Å². The average Bonchev–Trinajstić information content (AvgIpc) is 3.42. The van der Waals surface area contributed by atoms with Gasteiger partial charge in [-0.1, -0.05) is 6.92 Å². The number of aryl methyl sites for hydroxylation is 1. The van der Waals surface area contributed by atoms with Crippen LogP contribution in [-0.2, 0) is 11.2 Å². The quantitative estimate of drug-likeness (QED) is 0.151. The van der Waals surface area contributed by atoms with Crippen molar-refractivity contribution >= 4 is 29.0 Å². The number of aromatic nitrogens is 3. The van der Waals surface area contributed by atoms with E-state index in [-0.39, 0.29) is 55.8 Å². The molecule has 222 valence electrons. The summed E-state index contributed by atoms with van der Waals surface area (Å²) in [5, 5.41) is 18.0. The van der Waals surface area contributed by atoms with Crippen LogP contribution in [0.25, 0.3) is 16.9 Å². The standard InChI is InChI=1S/C29H33F2N7O4/c1-3-17-13-18(5-6-20(17)29(41)35-10-9-33-24(40)14-19(39)15-32)37-27-28-36-16-22(38(28)12-11-34-27)21-7-8-23(42-4-2)26(31)25(21)30/h5-8,11-13,16,19,39H,3-4,9-10,14-15,32H2,1-2H3,(H,33,40)(H,34,37)(H,35,41). The maximum absolute atomic E-state index is 14.9. The van der Waals surface area contributed by atoms with E-state index in [4.69, 9.17) is 10.5 Å². The van der Waals surface area contributed by atoms with Gasteiger partial charge in [-0.15, -0.1) is 0 Å². The minimum Gasteiger partial charge on any atom is -0.491 e. The first-order valence-electron chi connectivity index (χ1n) is 13.5. The van der Waals surface area contributed by atoms with E-state index in [1.807, 2.05) is 13.0 Å². The molecule has 0 bridgehead atoms. The van der Waals surface area contributed by atoms with Gasteiger partial charge in [0.25, 0.3) is 5.91 Å². The van der Waals surface area contributed by atoms with Crippen molar-refractivity contribution in [3.05, 3.63) is 71.7 Å². The highest BCUT2D eigenvalue weighted by Crippen LogP contribution is 2.32. The van der Waals surface area contributed by atoms with Crippen molar-refractivity contribution in [1.29, 1.82) is 0 Å². The number of amides is 2. The van der Waals surface area contributed by atoms with Crippen molar-refractivity contribution in [3.8, 4) is 17.0 Å². The first-order valence-corrected chi connectivity index (χ1v) is 13.5. The van der Waals surface area contributed by atoms with Crippen LogP contribution >= 0.6 is 0 Å². The fourth-order valence-corrected chi connectivity index (χ4v) is 4.37. The number of halogens is 2. The number of fused-ring (bicyclic) bond motifs is 1. The lowest BCUT2D eigenvalue weighted by atomic mass is 10.0. The van der Waals surface area contributed by atoms with Crippen molar-refractivity contribution in [2.75, 3.05) is 31.6 Å². The maximum Gasteiger partial charge on any atom is 0.251 e. The second-order valence-electron chi connectivity index (χ2n) is 9.34. The normalized spacial score (nSPS) is 11.8. The summed E-state index contributed by atoms with van der Waals surface area (Å²) in [4.78, 5) is 33.3. The van der Waals surface area contributed by atoms with Crippen molar-refractivity contribution in [3.63, 3.8) is 0 Å². The van der Waals surface area contributed by atoms with Crippen LogP contribution in [0.4, 0.5) is 20.3 Å². The lowest BCUT2D eigenvalue weighted by Crippen LogP contribution is -2.37. The molecule has 4 rings (SSSR count). The molecule has 0 aliphatic rings. The number of aliphatic hydroxyl groups excluding tert-OH is 1. The number of imidazole rings is 1. The Hall–Kier alpha value is -4.62. The van der Waals surface area contributed by atoms with E-state index in [1.54, 1.807) is 29.7 Å². The Balaban J connectivity index is 1.47. The van der Waals surface area contributed by atoms with Gasteiger partial charge in [-0.25, -0.2) is 14.4 Å². The molecule has 2 amide bonds. The van der Waals surface area contributed by atoms with Crippen LogP contribution in [0.3, 0.4) is 0 Å². The van der Waals surface area contributed by atoms with E-state index in [0.717, 1.165) is 5.56 Å². The summed E-state index contributed by atoms with van der Waals surface area (Å²) in [5.41, 5.74) is 7.96. The van der Waals surface area contributed by atoms with Crippen molar-refractivity contribution in [1.82, 2.24) is 25.0 Å². The van der Waals surface area contributed by atoms with Gasteiger partial charge < -0.3 is 31.5 Å². The minimum atomic E-state index is -1.07. The van der Waals surface area contributed by atoms with Crippen LogP contribution in [0.1, 0.15) is 36.2 Å². The third kappa shape index (κ3) is 6.81. The molecule has 2 aromatic carbocycles. The summed E-state index contributed by atoms with van der Waals surface area (Å²) in [6.45, 7) is 4.22. The van der Waals surface area contributed by atoms with E-state index in [1.165, 1.54) is 24.5 Å².